The lowest BCUT2D eigenvalue weighted by molar-refractivity contribution is -0.134. The van der Waals surface area contributed by atoms with E-state index in [-0.39, 0.29) is 24.9 Å². The van der Waals surface area contributed by atoms with E-state index in [0.29, 0.717) is 37.6 Å². The highest BCUT2D eigenvalue weighted by Crippen LogP contribution is 2.28. The second-order valence-electron chi connectivity index (χ2n) is 7.22. The van der Waals surface area contributed by atoms with Gasteiger partial charge in [-0.2, -0.15) is 0 Å². The number of amides is 3. The summed E-state index contributed by atoms with van der Waals surface area (Å²) >= 11 is 0. The second-order valence-corrected chi connectivity index (χ2v) is 8.23. The lowest BCUT2D eigenvalue weighted by Crippen LogP contribution is -2.49. The minimum Gasteiger partial charge on any atom is -0.442 e. The van der Waals surface area contributed by atoms with Crippen molar-refractivity contribution in [3.63, 3.8) is 0 Å². The zero-order valence-corrected chi connectivity index (χ0v) is 20.8. The first kappa shape index (κ1) is 31.2. The Morgan fingerprint density at radius 2 is 1.67 bits per heavy atom. The Morgan fingerprint density at radius 3 is 2.14 bits per heavy atom. The fourth-order valence-electron chi connectivity index (χ4n) is 3.31. The van der Waals surface area contributed by atoms with Crippen LogP contribution in [-0.4, -0.2) is 99.5 Å². The van der Waals surface area contributed by atoms with E-state index in [9.17, 15) is 18.8 Å². The molecule has 15 nitrogen and oxygen atoms in total. The maximum Gasteiger partial charge on any atom is 0.692 e. The van der Waals surface area contributed by atoms with E-state index in [1.807, 2.05) is 4.90 Å². The molecule has 0 spiro atoms. The van der Waals surface area contributed by atoms with Gasteiger partial charge < -0.3 is 25.0 Å². The van der Waals surface area contributed by atoms with Gasteiger partial charge in [0.2, 0.25) is 11.8 Å². The minimum atomic E-state index is -2.87. The summed E-state index contributed by atoms with van der Waals surface area (Å²) < 4.78 is 37.3. The van der Waals surface area contributed by atoms with E-state index in [0.717, 1.165) is 0 Å². The molecular weight excluding hydrogens is 529 g/mol. The van der Waals surface area contributed by atoms with Crippen LogP contribution in [0.15, 0.2) is 18.2 Å². The van der Waals surface area contributed by atoms with Gasteiger partial charge in [0.15, 0.2) is 0 Å². The quantitative estimate of drug-likeness (QED) is 0.245. The number of carbonyl (C=O) groups is 3. The summed E-state index contributed by atoms with van der Waals surface area (Å²) in [5.41, 5.74) is 0.771. The Labute approximate surface area is 206 Å². The monoisotopic (exact) mass is 556 g/mol. The summed E-state index contributed by atoms with van der Waals surface area (Å²) in [5, 5.41) is 11.5. The van der Waals surface area contributed by atoms with Crippen LogP contribution < -0.4 is 15.1 Å². The van der Waals surface area contributed by atoms with E-state index in [1.54, 1.807) is 12.1 Å². The van der Waals surface area contributed by atoms with Crippen LogP contribution in [0.25, 0.3) is 0 Å². The number of aliphatic hydroxyl groups excluding tert-OH is 1. The lowest BCUT2D eigenvalue weighted by Gasteiger charge is -2.36. The Morgan fingerprint density at radius 1 is 1.11 bits per heavy atom. The molecule has 200 valence electrons. The van der Waals surface area contributed by atoms with Gasteiger partial charge in [-0.15, -0.1) is 19.6 Å². The molecule has 6 N–H and O–H groups in total. The fourth-order valence-corrected chi connectivity index (χ4v) is 3.31. The summed E-state index contributed by atoms with van der Waals surface area (Å²) in [5.74, 6) is -1.03. The summed E-state index contributed by atoms with van der Waals surface area (Å²) in [6, 6.07) is 4.52. The lowest BCUT2D eigenvalue weighted by atomic mass is 10.2. The van der Waals surface area contributed by atoms with Gasteiger partial charge in [0.25, 0.3) is 0 Å². The van der Waals surface area contributed by atoms with Crippen LogP contribution in [-0.2, 0) is 23.5 Å². The first-order chi connectivity index (χ1) is 16.8. The Bertz CT molecular complexity index is 943. The van der Waals surface area contributed by atoms with Crippen LogP contribution in [0.2, 0.25) is 0 Å². The highest BCUT2D eigenvalue weighted by atomic mass is 31.1. The molecule has 0 unspecified atom stereocenters. The van der Waals surface area contributed by atoms with Crippen molar-refractivity contribution in [2.75, 3.05) is 55.7 Å². The van der Waals surface area contributed by atoms with E-state index >= 15 is 0 Å². The predicted octanol–water partition coefficient (Wildman–Crippen LogP) is -0.815. The maximum atomic E-state index is 14.7. The molecule has 2 heterocycles. The number of rotatable bonds is 5. The van der Waals surface area contributed by atoms with Crippen molar-refractivity contribution in [1.82, 2.24) is 10.2 Å². The van der Waals surface area contributed by atoms with E-state index < -0.39 is 41.1 Å². The maximum absolute atomic E-state index is 14.7. The van der Waals surface area contributed by atoms with Crippen molar-refractivity contribution in [2.45, 2.75) is 13.0 Å². The fraction of sp³-hybridized carbons (Fsp3) is 0.500. The minimum absolute atomic E-state index is 0.203. The van der Waals surface area contributed by atoms with Gasteiger partial charge in [0.05, 0.1) is 24.5 Å². The zero-order chi connectivity index (χ0) is 27.4. The molecule has 2 aliphatic heterocycles. The number of cyclic esters (lactones) is 1. The van der Waals surface area contributed by atoms with Gasteiger partial charge in [0.1, 0.15) is 18.5 Å². The number of ether oxygens (including phenoxy) is 1. The normalized spacial score (nSPS) is 16.7. The van der Waals surface area contributed by atoms with Crippen molar-refractivity contribution in [1.29, 1.82) is 0 Å². The Kier molecular flexibility index (Phi) is 13.3. The van der Waals surface area contributed by atoms with Crippen LogP contribution in [0.3, 0.4) is 0 Å². The summed E-state index contributed by atoms with van der Waals surface area (Å²) in [4.78, 5) is 67.7. The van der Waals surface area contributed by atoms with E-state index in [1.165, 1.54) is 22.8 Å². The van der Waals surface area contributed by atoms with Gasteiger partial charge in [-0.1, -0.05) is 0 Å². The van der Waals surface area contributed by atoms with Crippen LogP contribution in [0.1, 0.15) is 6.92 Å². The van der Waals surface area contributed by atoms with Gasteiger partial charge in [0, 0.05) is 42.2 Å². The molecule has 3 amide bonds. The third kappa shape index (κ3) is 10.8. The smallest absolute Gasteiger partial charge is 0.442 e. The number of nitrogens with one attached hydrogen (secondary N) is 1. The van der Waals surface area contributed by atoms with Crippen molar-refractivity contribution in [3.05, 3.63) is 24.0 Å². The number of carbonyl (C=O) groups excluding carboxylic acids is 3. The highest BCUT2D eigenvalue weighted by Gasteiger charge is 2.33. The molecule has 0 aromatic heterocycles. The molecule has 2 aliphatic rings. The molecule has 2 saturated heterocycles. The van der Waals surface area contributed by atoms with Gasteiger partial charge in [-0.25, -0.2) is 9.18 Å². The van der Waals surface area contributed by atoms with Crippen LogP contribution in [0, 0.1) is 5.82 Å². The number of piperazine rings is 1. The molecule has 36 heavy (non-hydrogen) atoms. The largest absolute Gasteiger partial charge is 0.692 e. The summed E-state index contributed by atoms with van der Waals surface area (Å²) in [7, 11) is -5.74. The first-order valence-electron chi connectivity index (χ1n) is 10.2. The van der Waals surface area contributed by atoms with Gasteiger partial charge in [-0.05, 0) is 18.2 Å². The van der Waals surface area contributed by atoms with Crippen molar-refractivity contribution >= 4 is 45.8 Å². The van der Waals surface area contributed by atoms with Crippen LogP contribution >= 0.6 is 16.5 Å². The van der Waals surface area contributed by atoms with Crippen LogP contribution in [0.5, 0.6) is 0 Å². The summed E-state index contributed by atoms with van der Waals surface area (Å²) in [6.07, 6.45) is -1.07. The number of aliphatic hydroxyl groups is 1. The molecule has 3 rings (SSSR count). The molecule has 1 aromatic rings. The SMILES string of the molecule is CC(=O)NC[C@H]1CN(c2ccc(N3CCN(C(=O)CO)CC3)c(F)c2)C(=O)O1.O=[P+](O)O.O=[P+](O)O. The number of anilines is 2. The van der Waals surface area contributed by atoms with E-state index in [2.05, 4.69) is 5.32 Å². The Balaban J connectivity index is 0.000000709. The number of halogens is 1. The molecule has 0 bridgehead atoms. The van der Waals surface area contributed by atoms with E-state index in [4.69, 9.17) is 38.5 Å². The van der Waals surface area contributed by atoms with Gasteiger partial charge >= 0.3 is 22.6 Å². The topological polar surface area (TPSA) is 217 Å². The second kappa shape index (κ2) is 15.3. The first-order valence-corrected chi connectivity index (χ1v) is 12.5. The number of hydrogen-bond donors (Lipinski definition) is 6. The molecule has 1 atom stereocenters. The van der Waals surface area contributed by atoms with Crippen molar-refractivity contribution in [2.24, 2.45) is 0 Å². The number of nitrogens with zero attached hydrogens (tertiary/aromatic N) is 3. The van der Waals surface area contributed by atoms with Gasteiger partial charge in [-0.3, -0.25) is 14.5 Å². The molecule has 0 saturated carbocycles. The highest BCUT2D eigenvalue weighted by molar-refractivity contribution is 7.31. The average molecular weight is 556 g/mol. The number of benzene rings is 1. The standard InChI is InChI=1S/C18H23FN4O5.2HO3P/c1-12(25)20-9-14-10-23(18(27)28-14)13-2-3-16(15(19)8-13)21-4-6-22(7-5-21)17(26)11-24;2*1-4(2)3/h2-3,8,14,24H,4-7,9-11H2,1H3,(H,20,25);2*(H-,1,2,3)/p+2/t14-;;/m0../s1. The molecule has 2 fully saturated rings. The zero-order valence-electron chi connectivity index (χ0n) is 19.1. The molecular formula is C18H27FN4O11P2+2. The van der Waals surface area contributed by atoms with Crippen molar-refractivity contribution in [3.8, 4) is 0 Å². The third-order valence-electron chi connectivity index (χ3n) is 4.80. The molecule has 1 aromatic carbocycles. The average Bonchev–Trinajstić information content (AvgIpc) is 3.17. The molecule has 0 radical (unpaired) electrons. The third-order valence-corrected chi connectivity index (χ3v) is 4.80. The molecule has 0 aliphatic carbocycles. The van der Waals surface area contributed by atoms with Crippen molar-refractivity contribution < 1.29 is 57.3 Å². The predicted molar refractivity (Wildman–Crippen MR) is 123 cm³/mol. The summed E-state index contributed by atoms with van der Waals surface area (Å²) in [6.45, 7) is 2.99. The molecule has 18 heteroatoms. The number of hydrogen-bond acceptors (Lipinski definition) is 8. The Hall–Kier alpha value is -2.84. The van der Waals surface area contributed by atoms with Crippen LogP contribution in [0.4, 0.5) is 20.6 Å².